The smallest absolute Gasteiger partial charge is 0.0379 e. The van der Waals surface area contributed by atoms with Gasteiger partial charge >= 0.3 is 0 Å². The summed E-state index contributed by atoms with van der Waals surface area (Å²) in [6.45, 7) is 6.19. The van der Waals surface area contributed by atoms with Crippen LogP contribution in [0.15, 0.2) is 60.3 Å². The average molecular weight is 213 g/mol. The Kier molecular flexibility index (Phi) is 5.13. The largest absolute Gasteiger partial charge is 0.362 e. The molecule has 1 nitrogen and oxygen atoms in total. The van der Waals surface area contributed by atoms with E-state index in [4.69, 9.17) is 0 Å². The van der Waals surface area contributed by atoms with Crippen LogP contribution in [0.1, 0.15) is 19.4 Å². The summed E-state index contributed by atoms with van der Waals surface area (Å²) in [7, 11) is 0. The van der Waals surface area contributed by atoms with Gasteiger partial charge in [0.2, 0.25) is 0 Å². The highest BCUT2D eigenvalue weighted by atomic mass is 14.8. The maximum Gasteiger partial charge on any atom is 0.0379 e. The van der Waals surface area contributed by atoms with Gasteiger partial charge in [-0.2, -0.15) is 0 Å². The molecule has 0 saturated heterocycles. The summed E-state index contributed by atoms with van der Waals surface area (Å²) in [4.78, 5) is 0. The average Bonchev–Trinajstić information content (AvgIpc) is 2.27. The number of allylic oxidation sites excluding steroid dienone is 5. The summed E-state index contributed by atoms with van der Waals surface area (Å²) < 4.78 is 0. The molecule has 0 aliphatic heterocycles. The topological polar surface area (TPSA) is 12.0 Å². The molecule has 0 spiro atoms. The standard InChI is InChI=1S/C15H19N/c1-4-6-13(2)7-5-12-16-15-10-8-14(3)9-11-15/h4-12,16H,1-3H3/b6-4-,12-5+,13-7-. The highest BCUT2D eigenvalue weighted by molar-refractivity contribution is 5.46. The first-order valence-electron chi connectivity index (χ1n) is 5.51. The molecule has 0 bridgehead atoms. The van der Waals surface area contributed by atoms with E-state index in [0.29, 0.717) is 0 Å². The third-order valence-corrected chi connectivity index (χ3v) is 2.19. The molecule has 0 atom stereocenters. The van der Waals surface area contributed by atoms with Crippen molar-refractivity contribution < 1.29 is 0 Å². The van der Waals surface area contributed by atoms with E-state index in [-0.39, 0.29) is 0 Å². The van der Waals surface area contributed by atoms with Crippen LogP contribution in [0.3, 0.4) is 0 Å². The molecule has 0 aliphatic carbocycles. The number of hydrogen-bond acceptors (Lipinski definition) is 1. The lowest BCUT2D eigenvalue weighted by Gasteiger charge is -1.99. The lowest BCUT2D eigenvalue weighted by Crippen LogP contribution is -1.86. The number of benzene rings is 1. The summed E-state index contributed by atoms with van der Waals surface area (Å²) in [5.41, 5.74) is 3.63. The van der Waals surface area contributed by atoms with Crippen molar-refractivity contribution in [2.75, 3.05) is 5.32 Å². The van der Waals surface area contributed by atoms with Crippen LogP contribution < -0.4 is 5.32 Å². The number of anilines is 1. The molecule has 0 heterocycles. The van der Waals surface area contributed by atoms with E-state index in [1.54, 1.807) is 0 Å². The van der Waals surface area contributed by atoms with E-state index in [1.165, 1.54) is 11.1 Å². The zero-order valence-electron chi connectivity index (χ0n) is 10.2. The molecule has 1 rings (SSSR count). The van der Waals surface area contributed by atoms with Crippen molar-refractivity contribution >= 4 is 5.69 Å². The lowest BCUT2D eigenvalue weighted by molar-refractivity contribution is 1.45. The van der Waals surface area contributed by atoms with Crippen LogP contribution in [0, 0.1) is 6.92 Å². The Labute approximate surface area is 98.2 Å². The quantitative estimate of drug-likeness (QED) is 0.729. The third-order valence-electron chi connectivity index (χ3n) is 2.19. The van der Waals surface area contributed by atoms with Crippen molar-refractivity contribution in [2.24, 2.45) is 0 Å². The molecule has 1 N–H and O–H groups in total. The Morgan fingerprint density at radius 3 is 2.50 bits per heavy atom. The molecule has 16 heavy (non-hydrogen) atoms. The molecular weight excluding hydrogens is 194 g/mol. The van der Waals surface area contributed by atoms with E-state index in [1.807, 2.05) is 25.3 Å². The lowest BCUT2D eigenvalue weighted by atomic mass is 10.2. The molecule has 1 aromatic carbocycles. The summed E-state index contributed by atoms with van der Waals surface area (Å²) >= 11 is 0. The number of aryl methyl sites for hydroxylation is 1. The first-order valence-corrected chi connectivity index (χ1v) is 5.51. The summed E-state index contributed by atoms with van der Waals surface area (Å²) in [5, 5.41) is 3.22. The van der Waals surface area contributed by atoms with Gasteiger partial charge in [-0.15, -0.1) is 0 Å². The Hall–Kier alpha value is -1.76. The molecular formula is C15H19N. The van der Waals surface area contributed by atoms with Crippen LogP contribution in [0.25, 0.3) is 0 Å². The Bertz CT molecular complexity index is 394. The number of nitrogens with one attached hydrogen (secondary N) is 1. The van der Waals surface area contributed by atoms with E-state index >= 15 is 0 Å². The second-order valence-corrected chi connectivity index (χ2v) is 3.78. The normalized spacial score (nSPS) is 12.6. The van der Waals surface area contributed by atoms with E-state index in [2.05, 4.69) is 55.6 Å². The predicted octanol–water partition coefficient (Wildman–Crippen LogP) is 4.44. The van der Waals surface area contributed by atoms with Gasteiger partial charge in [-0.05, 0) is 39.0 Å². The van der Waals surface area contributed by atoms with Crippen molar-refractivity contribution in [3.63, 3.8) is 0 Å². The van der Waals surface area contributed by atoms with E-state index in [9.17, 15) is 0 Å². The van der Waals surface area contributed by atoms with Crippen molar-refractivity contribution in [3.05, 3.63) is 65.9 Å². The first kappa shape index (κ1) is 12.3. The van der Waals surface area contributed by atoms with Gasteiger partial charge in [0.05, 0.1) is 0 Å². The monoisotopic (exact) mass is 213 g/mol. The first-order chi connectivity index (χ1) is 7.72. The van der Waals surface area contributed by atoms with Crippen LogP contribution in [0.4, 0.5) is 5.69 Å². The number of rotatable bonds is 4. The second kappa shape index (κ2) is 6.67. The highest BCUT2D eigenvalue weighted by Crippen LogP contribution is 2.08. The van der Waals surface area contributed by atoms with Gasteiger partial charge in [-0.3, -0.25) is 0 Å². The minimum atomic E-state index is 1.11. The van der Waals surface area contributed by atoms with Gasteiger partial charge in [0.1, 0.15) is 0 Å². The molecule has 1 aromatic rings. The summed E-state index contributed by atoms with van der Waals surface area (Å²) in [6.07, 6.45) is 10.1. The molecule has 0 aliphatic rings. The molecule has 0 saturated carbocycles. The van der Waals surface area contributed by atoms with Gasteiger partial charge in [0.25, 0.3) is 0 Å². The SMILES string of the molecule is C\C=C/C(C)=C\C=C\Nc1ccc(C)cc1. The van der Waals surface area contributed by atoms with Crippen molar-refractivity contribution in [2.45, 2.75) is 20.8 Å². The molecule has 0 amide bonds. The highest BCUT2D eigenvalue weighted by Gasteiger charge is 1.86. The van der Waals surface area contributed by atoms with Gasteiger partial charge in [0.15, 0.2) is 0 Å². The van der Waals surface area contributed by atoms with Crippen LogP contribution in [-0.2, 0) is 0 Å². The Balaban J connectivity index is 2.48. The molecule has 1 heteroatoms. The van der Waals surface area contributed by atoms with E-state index < -0.39 is 0 Å². The fourth-order valence-electron chi connectivity index (χ4n) is 1.31. The van der Waals surface area contributed by atoms with Gasteiger partial charge in [0, 0.05) is 11.9 Å². The molecule has 0 radical (unpaired) electrons. The molecule has 84 valence electrons. The Morgan fingerprint density at radius 1 is 1.19 bits per heavy atom. The Morgan fingerprint density at radius 2 is 1.88 bits per heavy atom. The fraction of sp³-hybridized carbons (Fsp3) is 0.200. The minimum absolute atomic E-state index is 1.11. The zero-order chi connectivity index (χ0) is 11.8. The van der Waals surface area contributed by atoms with Crippen molar-refractivity contribution in [1.82, 2.24) is 0 Å². The van der Waals surface area contributed by atoms with Crippen LogP contribution in [0.2, 0.25) is 0 Å². The number of hydrogen-bond donors (Lipinski definition) is 1. The summed E-state index contributed by atoms with van der Waals surface area (Å²) in [6, 6.07) is 8.33. The van der Waals surface area contributed by atoms with Crippen LogP contribution in [-0.4, -0.2) is 0 Å². The maximum atomic E-state index is 3.22. The molecule has 0 unspecified atom stereocenters. The molecule has 0 aromatic heterocycles. The second-order valence-electron chi connectivity index (χ2n) is 3.78. The van der Waals surface area contributed by atoms with Gasteiger partial charge in [-0.25, -0.2) is 0 Å². The van der Waals surface area contributed by atoms with Crippen molar-refractivity contribution in [1.29, 1.82) is 0 Å². The molecule has 0 fully saturated rings. The summed E-state index contributed by atoms with van der Waals surface area (Å²) in [5.74, 6) is 0. The van der Waals surface area contributed by atoms with Gasteiger partial charge in [-0.1, -0.05) is 41.5 Å². The van der Waals surface area contributed by atoms with Crippen LogP contribution in [0.5, 0.6) is 0 Å². The third kappa shape index (κ3) is 4.65. The van der Waals surface area contributed by atoms with Crippen molar-refractivity contribution in [3.8, 4) is 0 Å². The minimum Gasteiger partial charge on any atom is -0.362 e. The van der Waals surface area contributed by atoms with Gasteiger partial charge < -0.3 is 5.32 Å². The zero-order valence-corrected chi connectivity index (χ0v) is 10.2. The van der Waals surface area contributed by atoms with E-state index in [0.717, 1.165) is 5.69 Å². The predicted molar refractivity (Wildman–Crippen MR) is 72.5 cm³/mol. The fourth-order valence-corrected chi connectivity index (χ4v) is 1.31. The van der Waals surface area contributed by atoms with Crippen LogP contribution >= 0.6 is 0 Å². The maximum absolute atomic E-state index is 3.22.